The summed E-state index contributed by atoms with van der Waals surface area (Å²) >= 11 is 0. The molecule has 1 aromatic rings. The normalized spacial score (nSPS) is 16.7. The molecule has 0 atom stereocenters. The van der Waals surface area contributed by atoms with E-state index in [1.165, 1.54) is 12.1 Å². The second-order valence-corrected chi connectivity index (χ2v) is 6.42. The molecule has 0 aromatic heterocycles. The molecule has 0 unspecified atom stereocenters. The Morgan fingerprint density at radius 1 is 1.26 bits per heavy atom. The molecule has 0 saturated heterocycles. The van der Waals surface area contributed by atoms with E-state index in [2.05, 4.69) is 5.32 Å². The molecule has 1 fully saturated rings. The molecule has 5 nitrogen and oxygen atoms in total. The average molecular weight is 322 g/mol. The van der Waals surface area contributed by atoms with Gasteiger partial charge < -0.3 is 15.3 Å². The first-order chi connectivity index (χ1) is 10.8. The van der Waals surface area contributed by atoms with Crippen LogP contribution in [0.5, 0.6) is 0 Å². The highest BCUT2D eigenvalue weighted by molar-refractivity contribution is 5.95. The maximum absolute atomic E-state index is 14.2. The molecule has 23 heavy (non-hydrogen) atoms. The fraction of sp³-hybridized carbons (Fsp3) is 0.529. The third kappa shape index (κ3) is 4.21. The number of carboxylic acid groups (broad SMARTS) is 1. The lowest BCUT2D eigenvalue weighted by atomic mass is 9.79. The lowest BCUT2D eigenvalue weighted by Gasteiger charge is -2.37. The monoisotopic (exact) mass is 322 g/mol. The molecule has 0 spiro atoms. The van der Waals surface area contributed by atoms with Gasteiger partial charge in [0.05, 0.1) is 17.5 Å². The fourth-order valence-corrected chi connectivity index (χ4v) is 3.14. The summed E-state index contributed by atoms with van der Waals surface area (Å²) in [7, 11) is 3.58. The summed E-state index contributed by atoms with van der Waals surface area (Å²) in [6.45, 7) is 0. The van der Waals surface area contributed by atoms with Crippen molar-refractivity contribution in [2.45, 2.75) is 44.1 Å². The van der Waals surface area contributed by atoms with Gasteiger partial charge in [0.15, 0.2) is 0 Å². The van der Waals surface area contributed by atoms with Crippen LogP contribution in [0.15, 0.2) is 18.2 Å². The van der Waals surface area contributed by atoms with E-state index >= 15 is 0 Å². The van der Waals surface area contributed by atoms with Gasteiger partial charge in [0.1, 0.15) is 5.82 Å². The first-order valence-corrected chi connectivity index (χ1v) is 7.84. The second kappa shape index (κ2) is 6.98. The van der Waals surface area contributed by atoms with Crippen LogP contribution < -0.4 is 10.2 Å². The number of hydrogen-bond acceptors (Lipinski definition) is 3. The number of carbonyl (C=O) groups excluding carboxylic acids is 1. The van der Waals surface area contributed by atoms with E-state index < -0.39 is 23.2 Å². The Labute approximate surface area is 135 Å². The summed E-state index contributed by atoms with van der Waals surface area (Å²) < 4.78 is 14.2. The van der Waals surface area contributed by atoms with Crippen molar-refractivity contribution in [3.05, 3.63) is 29.6 Å². The number of rotatable bonds is 5. The van der Waals surface area contributed by atoms with E-state index in [1.807, 2.05) is 0 Å². The van der Waals surface area contributed by atoms with Crippen molar-refractivity contribution in [1.29, 1.82) is 0 Å². The molecule has 2 N–H and O–H groups in total. The zero-order valence-electron chi connectivity index (χ0n) is 13.6. The number of benzene rings is 1. The van der Waals surface area contributed by atoms with Gasteiger partial charge >= 0.3 is 5.97 Å². The van der Waals surface area contributed by atoms with Crippen molar-refractivity contribution < 1.29 is 19.1 Å². The predicted molar refractivity (Wildman–Crippen MR) is 86.3 cm³/mol. The minimum atomic E-state index is -0.948. The Morgan fingerprint density at radius 3 is 2.43 bits per heavy atom. The third-order valence-electron chi connectivity index (χ3n) is 4.39. The molecule has 1 aliphatic rings. The van der Waals surface area contributed by atoms with Crippen LogP contribution in [0.2, 0.25) is 0 Å². The first-order valence-electron chi connectivity index (χ1n) is 7.84. The lowest BCUT2D eigenvalue weighted by Crippen LogP contribution is -2.51. The van der Waals surface area contributed by atoms with Gasteiger partial charge in [-0.3, -0.25) is 9.59 Å². The average Bonchev–Trinajstić information content (AvgIpc) is 2.46. The van der Waals surface area contributed by atoms with E-state index in [0.717, 1.165) is 19.3 Å². The van der Waals surface area contributed by atoms with Crippen LogP contribution in [0, 0.1) is 5.82 Å². The largest absolute Gasteiger partial charge is 0.481 e. The number of amides is 1. The van der Waals surface area contributed by atoms with E-state index in [4.69, 9.17) is 5.11 Å². The van der Waals surface area contributed by atoms with Crippen LogP contribution in [0.4, 0.5) is 10.1 Å². The standard InChI is InChI=1S/C17H23FN2O3/c1-20(2)12-6-7-13(14(18)10-12)16(23)19-17(11-15(21)22)8-4-3-5-9-17/h6-7,10H,3-5,8-9,11H2,1-2H3,(H,19,23)(H,21,22). The third-order valence-corrected chi connectivity index (χ3v) is 4.39. The van der Waals surface area contributed by atoms with Crippen LogP contribution in [-0.4, -0.2) is 36.6 Å². The number of nitrogens with one attached hydrogen (secondary N) is 1. The Balaban J connectivity index is 2.20. The summed E-state index contributed by atoms with van der Waals surface area (Å²) in [5, 5.41) is 11.9. The Kier molecular flexibility index (Phi) is 5.23. The summed E-state index contributed by atoms with van der Waals surface area (Å²) in [6, 6.07) is 4.42. The molecule has 0 aliphatic heterocycles. The summed E-state index contributed by atoms with van der Waals surface area (Å²) in [4.78, 5) is 25.3. The van der Waals surface area contributed by atoms with Gasteiger partial charge in [-0.15, -0.1) is 0 Å². The maximum atomic E-state index is 14.2. The van der Waals surface area contributed by atoms with Crippen molar-refractivity contribution in [3.63, 3.8) is 0 Å². The summed E-state index contributed by atoms with van der Waals surface area (Å²) in [5.41, 5.74) is -0.156. The molecule has 1 saturated carbocycles. The maximum Gasteiger partial charge on any atom is 0.305 e. The van der Waals surface area contributed by atoms with Gasteiger partial charge in [0, 0.05) is 19.8 Å². The smallest absolute Gasteiger partial charge is 0.305 e. The van der Waals surface area contributed by atoms with Crippen LogP contribution in [0.3, 0.4) is 0 Å². The molecule has 126 valence electrons. The zero-order chi connectivity index (χ0) is 17.0. The number of nitrogens with zero attached hydrogens (tertiary/aromatic N) is 1. The van der Waals surface area contributed by atoms with E-state index in [1.54, 1.807) is 25.1 Å². The van der Waals surface area contributed by atoms with Crippen LogP contribution in [-0.2, 0) is 4.79 Å². The molecule has 1 aromatic carbocycles. The zero-order valence-corrected chi connectivity index (χ0v) is 13.6. The molecule has 2 rings (SSSR count). The quantitative estimate of drug-likeness (QED) is 0.874. The second-order valence-electron chi connectivity index (χ2n) is 6.42. The van der Waals surface area contributed by atoms with Gasteiger partial charge in [-0.1, -0.05) is 19.3 Å². The molecule has 0 heterocycles. The number of aliphatic carboxylic acids is 1. The van der Waals surface area contributed by atoms with Crippen molar-refractivity contribution >= 4 is 17.6 Å². The number of carbonyl (C=O) groups is 2. The fourth-order valence-electron chi connectivity index (χ4n) is 3.14. The molecule has 6 heteroatoms. The highest BCUT2D eigenvalue weighted by atomic mass is 19.1. The van der Waals surface area contributed by atoms with Crippen LogP contribution >= 0.6 is 0 Å². The molecule has 1 amide bonds. The highest BCUT2D eigenvalue weighted by Gasteiger charge is 2.36. The SMILES string of the molecule is CN(C)c1ccc(C(=O)NC2(CC(=O)O)CCCCC2)c(F)c1. The van der Waals surface area contributed by atoms with Gasteiger partial charge in [0.2, 0.25) is 0 Å². The molecule has 0 bridgehead atoms. The number of halogens is 1. The van der Waals surface area contributed by atoms with Crippen molar-refractivity contribution in [2.75, 3.05) is 19.0 Å². The number of carboxylic acids is 1. The van der Waals surface area contributed by atoms with E-state index in [0.29, 0.717) is 18.5 Å². The molecular weight excluding hydrogens is 299 g/mol. The number of anilines is 1. The number of hydrogen-bond donors (Lipinski definition) is 2. The summed E-state index contributed by atoms with van der Waals surface area (Å²) in [5.74, 6) is -2.10. The minimum Gasteiger partial charge on any atom is -0.481 e. The topological polar surface area (TPSA) is 69.6 Å². The lowest BCUT2D eigenvalue weighted by molar-refractivity contribution is -0.139. The van der Waals surface area contributed by atoms with Gasteiger partial charge in [-0.25, -0.2) is 4.39 Å². The predicted octanol–water partition coefficient (Wildman–Crippen LogP) is 2.80. The van der Waals surface area contributed by atoms with E-state index in [9.17, 15) is 14.0 Å². The van der Waals surface area contributed by atoms with Crippen LogP contribution in [0.1, 0.15) is 48.9 Å². The van der Waals surface area contributed by atoms with E-state index in [-0.39, 0.29) is 12.0 Å². The van der Waals surface area contributed by atoms with Crippen LogP contribution in [0.25, 0.3) is 0 Å². The highest BCUT2D eigenvalue weighted by Crippen LogP contribution is 2.31. The Hall–Kier alpha value is -2.11. The molecular formula is C17H23FN2O3. The molecule has 0 radical (unpaired) electrons. The van der Waals surface area contributed by atoms with Crippen molar-refractivity contribution in [1.82, 2.24) is 5.32 Å². The van der Waals surface area contributed by atoms with Crippen molar-refractivity contribution in [3.8, 4) is 0 Å². The minimum absolute atomic E-state index is 0.0501. The summed E-state index contributed by atoms with van der Waals surface area (Å²) in [6.07, 6.45) is 3.87. The Bertz CT molecular complexity index is 596. The first kappa shape index (κ1) is 17.2. The molecule has 1 aliphatic carbocycles. The van der Waals surface area contributed by atoms with Crippen molar-refractivity contribution in [2.24, 2.45) is 0 Å². The van der Waals surface area contributed by atoms with Gasteiger partial charge in [-0.05, 0) is 31.0 Å². The Morgan fingerprint density at radius 2 is 1.91 bits per heavy atom. The van der Waals surface area contributed by atoms with Gasteiger partial charge in [0.25, 0.3) is 5.91 Å². The van der Waals surface area contributed by atoms with Gasteiger partial charge in [-0.2, -0.15) is 0 Å².